The summed E-state index contributed by atoms with van der Waals surface area (Å²) in [7, 11) is -3.44. The number of hydrogen-bond donors (Lipinski definition) is 1. The van der Waals surface area contributed by atoms with Crippen LogP contribution in [0.3, 0.4) is 0 Å². The number of sulfonamides is 1. The van der Waals surface area contributed by atoms with E-state index in [4.69, 9.17) is 14.2 Å². The van der Waals surface area contributed by atoms with Crippen LogP contribution in [0.5, 0.6) is 5.75 Å². The van der Waals surface area contributed by atoms with Gasteiger partial charge in [-0.05, 0) is 55.0 Å². The Morgan fingerprint density at radius 2 is 1.81 bits per heavy atom. The van der Waals surface area contributed by atoms with Crippen LogP contribution in [-0.2, 0) is 19.5 Å². The minimum Gasteiger partial charge on any atom is -0.489 e. The van der Waals surface area contributed by atoms with Gasteiger partial charge in [0.1, 0.15) is 17.9 Å². The highest BCUT2D eigenvalue weighted by Crippen LogP contribution is 2.28. The number of rotatable bonds is 11. The van der Waals surface area contributed by atoms with Crippen LogP contribution in [-0.4, -0.2) is 88.3 Å². The molecule has 0 saturated carbocycles. The smallest absolute Gasteiger partial charge is 0.232 e. The molecule has 2 fully saturated rings. The van der Waals surface area contributed by atoms with E-state index in [1.807, 2.05) is 24.3 Å². The summed E-state index contributed by atoms with van der Waals surface area (Å²) in [5.74, 6) is 0.941. The fourth-order valence-electron chi connectivity index (χ4n) is 5.02. The van der Waals surface area contributed by atoms with Crippen LogP contribution in [0.4, 0.5) is 17.3 Å². The molecule has 3 aromatic rings. The van der Waals surface area contributed by atoms with Crippen molar-refractivity contribution in [2.75, 3.05) is 68.5 Å². The van der Waals surface area contributed by atoms with E-state index in [1.54, 1.807) is 30.5 Å². The second-order valence-corrected chi connectivity index (χ2v) is 12.2. The molecule has 2 aliphatic heterocycles. The molecule has 222 valence electrons. The van der Waals surface area contributed by atoms with Crippen LogP contribution in [0.15, 0.2) is 54.7 Å². The molecule has 0 unspecified atom stereocenters. The summed E-state index contributed by atoms with van der Waals surface area (Å²) in [6.45, 7) is 5.73. The highest BCUT2D eigenvalue weighted by atomic mass is 32.2. The first-order chi connectivity index (χ1) is 20.4. The summed E-state index contributed by atoms with van der Waals surface area (Å²) >= 11 is 0. The standard InChI is InChI=1S/C30H36N6O5S/c1-42(37,38)36(14-2-13-35-15-19-40-20-16-35)26-6-4-25(5-7-26)33-30-32-12-9-28(34-30)23-3-8-29(24(21-23)22-31)41-27-10-17-39-18-11-27/h3-9,12,21,27H,2,10-11,13-20H2,1H3,(H,32,33,34). The highest BCUT2D eigenvalue weighted by molar-refractivity contribution is 7.92. The predicted octanol–water partition coefficient (Wildman–Crippen LogP) is 3.80. The number of hydrogen-bond acceptors (Lipinski definition) is 10. The second-order valence-electron chi connectivity index (χ2n) is 10.3. The molecule has 0 atom stereocenters. The number of nitrogens with one attached hydrogen (secondary N) is 1. The molecule has 42 heavy (non-hydrogen) atoms. The number of nitriles is 1. The van der Waals surface area contributed by atoms with E-state index < -0.39 is 10.0 Å². The topological polar surface area (TPSA) is 130 Å². The molecule has 0 amide bonds. The van der Waals surface area contributed by atoms with Crippen molar-refractivity contribution in [1.82, 2.24) is 14.9 Å². The highest BCUT2D eigenvalue weighted by Gasteiger charge is 2.19. The molecule has 2 aliphatic rings. The van der Waals surface area contributed by atoms with E-state index in [1.165, 1.54) is 10.6 Å². The third kappa shape index (κ3) is 7.95. The van der Waals surface area contributed by atoms with Gasteiger partial charge in [0.25, 0.3) is 0 Å². The number of morpholine rings is 1. The summed E-state index contributed by atoms with van der Waals surface area (Å²) in [6.07, 6.45) is 5.25. The van der Waals surface area contributed by atoms with Gasteiger partial charge in [-0.15, -0.1) is 0 Å². The van der Waals surface area contributed by atoms with Crippen LogP contribution in [0.25, 0.3) is 11.3 Å². The van der Waals surface area contributed by atoms with Crippen molar-refractivity contribution in [2.24, 2.45) is 0 Å². The lowest BCUT2D eigenvalue weighted by Crippen LogP contribution is -2.39. The Labute approximate surface area is 247 Å². The molecule has 5 rings (SSSR count). The van der Waals surface area contributed by atoms with Crippen LogP contribution >= 0.6 is 0 Å². The molecule has 0 spiro atoms. The largest absolute Gasteiger partial charge is 0.489 e. The van der Waals surface area contributed by atoms with Crippen LogP contribution in [0, 0.1) is 11.3 Å². The van der Waals surface area contributed by atoms with Crippen molar-refractivity contribution < 1.29 is 22.6 Å². The normalized spacial score (nSPS) is 16.5. The lowest BCUT2D eigenvalue weighted by Gasteiger charge is -2.28. The Morgan fingerprint density at radius 1 is 1.07 bits per heavy atom. The Morgan fingerprint density at radius 3 is 2.52 bits per heavy atom. The molecule has 0 aliphatic carbocycles. The Balaban J connectivity index is 1.24. The Kier molecular flexibility index (Phi) is 9.86. The van der Waals surface area contributed by atoms with Gasteiger partial charge in [-0.1, -0.05) is 0 Å². The zero-order valence-corrected chi connectivity index (χ0v) is 24.6. The fourth-order valence-corrected chi connectivity index (χ4v) is 5.99. The second kappa shape index (κ2) is 13.9. The van der Waals surface area contributed by atoms with Gasteiger partial charge < -0.3 is 19.5 Å². The third-order valence-electron chi connectivity index (χ3n) is 7.26. The molecule has 2 aromatic carbocycles. The van der Waals surface area contributed by atoms with Crippen molar-refractivity contribution >= 4 is 27.3 Å². The van der Waals surface area contributed by atoms with Gasteiger partial charge in [0, 0.05) is 56.5 Å². The Bertz CT molecular complexity index is 1480. The zero-order valence-electron chi connectivity index (χ0n) is 23.7. The summed E-state index contributed by atoms with van der Waals surface area (Å²) in [5.41, 5.74) is 3.19. The van der Waals surface area contributed by atoms with Crippen molar-refractivity contribution in [1.29, 1.82) is 5.26 Å². The van der Waals surface area contributed by atoms with Gasteiger partial charge in [0.05, 0.1) is 49.6 Å². The van der Waals surface area contributed by atoms with Crippen LogP contribution in [0.2, 0.25) is 0 Å². The zero-order chi connectivity index (χ0) is 29.4. The van der Waals surface area contributed by atoms with Crippen molar-refractivity contribution in [3.63, 3.8) is 0 Å². The van der Waals surface area contributed by atoms with Gasteiger partial charge in [-0.25, -0.2) is 18.4 Å². The molecular formula is C30H36N6O5S. The Hall–Kier alpha value is -3.76. The summed E-state index contributed by atoms with van der Waals surface area (Å²) in [6, 6.07) is 16.7. The van der Waals surface area contributed by atoms with Crippen molar-refractivity contribution in [3.05, 3.63) is 60.3 Å². The monoisotopic (exact) mass is 592 g/mol. The lowest BCUT2D eigenvalue weighted by atomic mass is 10.1. The summed E-state index contributed by atoms with van der Waals surface area (Å²) in [4.78, 5) is 11.3. The first kappa shape index (κ1) is 29.7. The van der Waals surface area contributed by atoms with Gasteiger partial charge in [0.2, 0.25) is 16.0 Å². The quantitative estimate of drug-likeness (QED) is 0.351. The fraction of sp³-hybridized carbons (Fsp3) is 0.433. The van der Waals surface area contributed by atoms with Gasteiger partial charge >= 0.3 is 0 Å². The molecular weight excluding hydrogens is 556 g/mol. The van der Waals surface area contributed by atoms with E-state index in [2.05, 4.69) is 26.3 Å². The predicted molar refractivity (Wildman–Crippen MR) is 160 cm³/mol. The van der Waals surface area contributed by atoms with Gasteiger partial charge in [-0.2, -0.15) is 5.26 Å². The summed E-state index contributed by atoms with van der Waals surface area (Å²) in [5, 5.41) is 12.9. The maximum atomic E-state index is 12.6. The summed E-state index contributed by atoms with van der Waals surface area (Å²) < 4.78 is 43.4. The van der Waals surface area contributed by atoms with Crippen molar-refractivity contribution in [3.8, 4) is 23.1 Å². The van der Waals surface area contributed by atoms with Gasteiger partial charge in [0.15, 0.2) is 0 Å². The molecule has 1 aromatic heterocycles. The van der Waals surface area contributed by atoms with E-state index >= 15 is 0 Å². The maximum absolute atomic E-state index is 12.6. The number of nitrogens with zero attached hydrogens (tertiary/aromatic N) is 5. The molecule has 1 N–H and O–H groups in total. The number of anilines is 3. The van der Waals surface area contributed by atoms with Crippen molar-refractivity contribution in [2.45, 2.75) is 25.4 Å². The lowest BCUT2D eigenvalue weighted by molar-refractivity contribution is 0.0254. The van der Waals surface area contributed by atoms with Crippen LogP contribution in [0.1, 0.15) is 24.8 Å². The number of benzene rings is 2. The number of ether oxygens (including phenoxy) is 3. The van der Waals surface area contributed by atoms with Gasteiger partial charge in [-0.3, -0.25) is 9.21 Å². The van der Waals surface area contributed by atoms with E-state index in [0.29, 0.717) is 48.4 Å². The van der Waals surface area contributed by atoms with E-state index in [0.717, 1.165) is 63.4 Å². The third-order valence-corrected chi connectivity index (χ3v) is 8.46. The average molecular weight is 593 g/mol. The molecule has 3 heterocycles. The maximum Gasteiger partial charge on any atom is 0.232 e. The van der Waals surface area contributed by atoms with Crippen LogP contribution < -0.4 is 14.4 Å². The minimum atomic E-state index is -3.44. The average Bonchev–Trinajstić information content (AvgIpc) is 3.01. The SMILES string of the molecule is CS(=O)(=O)N(CCCN1CCOCC1)c1ccc(Nc2nccc(-c3ccc(OC4CCOCC4)c(C#N)c3)n2)cc1. The molecule has 0 bridgehead atoms. The molecule has 0 radical (unpaired) electrons. The molecule has 12 heteroatoms. The first-order valence-corrected chi connectivity index (χ1v) is 16.0. The first-order valence-electron chi connectivity index (χ1n) is 14.2. The number of aromatic nitrogens is 2. The minimum absolute atomic E-state index is 0.0394. The molecule has 11 nitrogen and oxygen atoms in total. The van der Waals surface area contributed by atoms with E-state index in [-0.39, 0.29) is 6.10 Å². The molecule has 2 saturated heterocycles. The van der Waals surface area contributed by atoms with E-state index in [9.17, 15) is 13.7 Å².